The van der Waals surface area contributed by atoms with Crippen LogP contribution in [0.3, 0.4) is 0 Å². The molecule has 3 rings (SSSR count). The van der Waals surface area contributed by atoms with Gasteiger partial charge in [-0.15, -0.1) is 0 Å². The van der Waals surface area contributed by atoms with Crippen molar-refractivity contribution >= 4 is 18.3 Å². The number of nitrogens with one attached hydrogen (secondary N) is 1. The van der Waals surface area contributed by atoms with Crippen molar-refractivity contribution in [1.29, 1.82) is 0 Å². The lowest BCUT2D eigenvalue weighted by molar-refractivity contribution is 0.876. The Hall–Kier alpha value is -1.54. The molecule has 1 aromatic rings. The van der Waals surface area contributed by atoms with Crippen LogP contribution in [0.2, 0.25) is 0 Å². The highest BCUT2D eigenvalue weighted by Crippen LogP contribution is 2.35. The molecule has 0 saturated carbocycles. The molecule has 2 heterocycles. The standard InChI is InChI=1S/C21H27BN/c1-11-12(2)15(5)21-19(14(11)4)17(7)20(22-21)16(6)13(3)18-8-9-23-10-18/h8,23H,9-10H2,1-7H3/b16-13-. The van der Waals surface area contributed by atoms with E-state index in [1.54, 1.807) is 0 Å². The van der Waals surface area contributed by atoms with Gasteiger partial charge < -0.3 is 5.32 Å². The fourth-order valence-corrected chi connectivity index (χ4v) is 3.98. The second-order valence-corrected chi connectivity index (χ2v) is 7.08. The maximum atomic E-state index is 3.41. The minimum absolute atomic E-state index is 0.999. The van der Waals surface area contributed by atoms with Gasteiger partial charge in [0.2, 0.25) is 0 Å². The summed E-state index contributed by atoms with van der Waals surface area (Å²) in [5.74, 6) is 0. The first-order valence-corrected chi connectivity index (χ1v) is 8.58. The summed E-state index contributed by atoms with van der Waals surface area (Å²) in [6.45, 7) is 17.9. The van der Waals surface area contributed by atoms with Crippen molar-refractivity contribution in [3.63, 3.8) is 0 Å². The van der Waals surface area contributed by atoms with Crippen molar-refractivity contribution in [1.82, 2.24) is 5.32 Å². The van der Waals surface area contributed by atoms with E-state index in [1.165, 1.54) is 61.0 Å². The van der Waals surface area contributed by atoms with Crippen LogP contribution in [0.5, 0.6) is 0 Å². The van der Waals surface area contributed by atoms with Gasteiger partial charge in [-0.05, 0) is 87.4 Å². The van der Waals surface area contributed by atoms with Gasteiger partial charge in [0.05, 0.1) is 0 Å². The molecule has 1 radical (unpaired) electrons. The monoisotopic (exact) mass is 304 g/mol. The number of rotatable bonds is 2. The zero-order chi connectivity index (χ0) is 16.9. The van der Waals surface area contributed by atoms with Crippen LogP contribution in [0, 0.1) is 27.7 Å². The van der Waals surface area contributed by atoms with E-state index < -0.39 is 0 Å². The fourth-order valence-electron chi connectivity index (χ4n) is 3.98. The molecule has 0 aromatic heterocycles. The zero-order valence-corrected chi connectivity index (χ0v) is 15.6. The molecule has 119 valence electrons. The minimum Gasteiger partial charge on any atom is -0.309 e. The van der Waals surface area contributed by atoms with E-state index >= 15 is 0 Å². The van der Waals surface area contributed by atoms with Gasteiger partial charge in [0, 0.05) is 13.1 Å². The molecule has 2 heteroatoms. The molecule has 23 heavy (non-hydrogen) atoms. The topological polar surface area (TPSA) is 12.0 Å². The van der Waals surface area contributed by atoms with Crippen LogP contribution < -0.4 is 10.8 Å². The second kappa shape index (κ2) is 5.83. The Bertz CT molecular complexity index is 791. The third-order valence-electron chi connectivity index (χ3n) is 6.06. The summed E-state index contributed by atoms with van der Waals surface area (Å²) in [5.41, 5.74) is 15.8. The van der Waals surface area contributed by atoms with Crippen molar-refractivity contribution in [2.45, 2.75) is 48.5 Å². The van der Waals surface area contributed by atoms with Gasteiger partial charge in [0.15, 0.2) is 7.28 Å². The highest BCUT2D eigenvalue weighted by Gasteiger charge is 2.27. The summed E-state index contributed by atoms with van der Waals surface area (Å²) in [7, 11) is 2.42. The summed E-state index contributed by atoms with van der Waals surface area (Å²) < 4.78 is 0. The maximum absolute atomic E-state index is 3.41. The van der Waals surface area contributed by atoms with Gasteiger partial charge in [0.25, 0.3) is 0 Å². The van der Waals surface area contributed by atoms with Crippen LogP contribution in [0.1, 0.15) is 48.6 Å². The van der Waals surface area contributed by atoms with Crippen LogP contribution in [0.25, 0.3) is 5.57 Å². The quantitative estimate of drug-likeness (QED) is 0.818. The Balaban J connectivity index is 2.14. The Kier molecular flexibility index (Phi) is 4.14. The Morgan fingerprint density at radius 2 is 1.57 bits per heavy atom. The van der Waals surface area contributed by atoms with E-state index in [1.807, 2.05) is 0 Å². The molecule has 0 unspecified atom stereocenters. The number of allylic oxidation sites excluding steroid dienone is 3. The van der Waals surface area contributed by atoms with Gasteiger partial charge in [0.1, 0.15) is 0 Å². The smallest absolute Gasteiger partial charge is 0.193 e. The molecular formula is C21H27BN. The summed E-state index contributed by atoms with van der Waals surface area (Å²) in [6, 6.07) is 0. The largest absolute Gasteiger partial charge is 0.309 e. The highest BCUT2D eigenvalue weighted by atomic mass is 14.9. The Morgan fingerprint density at radius 3 is 2.17 bits per heavy atom. The van der Waals surface area contributed by atoms with E-state index in [4.69, 9.17) is 0 Å². The number of hydrogen-bond acceptors (Lipinski definition) is 1. The lowest BCUT2D eigenvalue weighted by atomic mass is 9.61. The first-order chi connectivity index (χ1) is 10.8. The van der Waals surface area contributed by atoms with Crippen LogP contribution in [0.4, 0.5) is 0 Å². The molecule has 0 aliphatic carbocycles. The first kappa shape index (κ1) is 16.3. The minimum atomic E-state index is 0.999. The molecule has 1 nitrogen and oxygen atoms in total. The van der Waals surface area contributed by atoms with E-state index in [2.05, 4.69) is 67.1 Å². The van der Waals surface area contributed by atoms with Crippen molar-refractivity contribution in [2.24, 2.45) is 0 Å². The summed E-state index contributed by atoms with van der Waals surface area (Å²) in [6.07, 6.45) is 2.32. The van der Waals surface area contributed by atoms with Crippen LogP contribution >= 0.6 is 0 Å². The molecule has 0 atom stereocenters. The van der Waals surface area contributed by atoms with Gasteiger partial charge >= 0.3 is 0 Å². The zero-order valence-electron chi connectivity index (χ0n) is 15.6. The molecule has 0 spiro atoms. The fraction of sp³-hybridized carbons (Fsp3) is 0.429. The van der Waals surface area contributed by atoms with E-state index in [-0.39, 0.29) is 0 Å². The molecule has 1 N–H and O–H groups in total. The molecule has 0 amide bonds. The molecule has 1 aromatic carbocycles. The maximum Gasteiger partial charge on any atom is 0.193 e. The van der Waals surface area contributed by atoms with Crippen molar-refractivity contribution in [3.05, 3.63) is 56.1 Å². The van der Waals surface area contributed by atoms with E-state index in [0.29, 0.717) is 0 Å². The SMILES string of the molecule is CC1=C(/C(C)=C(/C)C2=CCNC2)[B]c2c(C)c(C)c(C)c(C)c21. The Morgan fingerprint density at radius 1 is 0.913 bits per heavy atom. The van der Waals surface area contributed by atoms with Gasteiger partial charge in [-0.1, -0.05) is 28.1 Å². The van der Waals surface area contributed by atoms with Gasteiger partial charge in [-0.25, -0.2) is 0 Å². The Labute approximate surface area is 141 Å². The van der Waals surface area contributed by atoms with Crippen molar-refractivity contribution in [2.75, 3.05) is 13.1 Å². The molecule has 2 aliphatic heterocycles. The molecule has 0 bridgehead atoms. The van der Waals surface area contributed by atoms with Crippen LogP contribution in [-0.2, 0) is 0 Å². The highest BCUT2D eigenvalue weighted by molar-refractivity contribution is 6.68. The summed E-state index contributed by atoms with van der Waals surface area (Å²) >= 11 is 0. The van der Waals surface area contributed by atoms with E-state index in [0.717, 1.165) is 13.1 Å². The van der Waals surface area contributed by atoms with Gasteiger partial charge in [-0.3, -0.25) is 0 Å². The second-order valence-electron chi connectivity index (χ2n) is 7.08. The normalized spacial score (nSPS) is 18.0. The van der Waals surface area contributed by atoms with Crippen LogP contribution in [-0.4, -0.2) is 20.4 Å². The van der Waals surface area contributed by atoms with E-state index in [9.17, 15) is 0 Å². The first-order valence-electron chi connectivity index (χ1n) is 8.58. The number of benzene rings is 1. The summed E-state index contributed by atoms with van der Waals surface area (Å²) in [5, 5.41) is 3.41. The van der Waals surface area contributed by atoms with Crippen molar-refractivity contribution < 1.29 is 0 Å². The molecule has 0 fully saturated rings. The third-order valence-corrected chi connectivity index (χ3v) is 6.06. The molecule has 0 saturated heterocycles. The van der Waals surface area contributed by atoms with Crippen molar-refractivity contribution in [3.8, 4) is 0 Å². The lowest BCUT2D eigenvalue weighted by Crippen LogP contribution is -2.21. The average molecular weight is 304 g/mol. The number of fused-ring (bicyclic) bond motifs is 1. The third kappa shape index (κ3) is 2.44. The average Bonchev–Trinajstić information content (AvgIpc) is 3.17. The molecular weight excluding hydrogens is 277 g/mol. The predicted octanol–water partition coefficient (Wildman–Crippen LogP) is 3.86. The summed E-state index contributed by atoms with van der Waals surface area (Å²) in [4.78, 5) is 0. The number of hydrogen-bond donors (Lipinski definition) is 1. The van der Waals surface area contributed by atoms with Gasteiger partial charge in [-0.2, -0.15) is 0 Å². The predicted molar refractivity (Wildman–Crippen MR) is 103 cm³/mol. The molecule has 2 aliphatic rings. The van der Waals surface area contributed by atoms with Crippen LogP contribution in [0.15, 0.2) is 28.3 Å². The lowest BCUT2D eigenvalue weighted by Gasteiger charge is -2.17.